The summed E-state index contributed by atoms with van der Waals surface area (Å²) in [6.45, 7) is 6.44. The van der Waals surface area contributed by atoms with Crippen molar-refractivity contribution >= 4 is 11.9 Å². The van der Waals surface area contributed by atoms with E-state index in [1.54, 1.807) is 0 Å². The number of unbranched alkanes of at least 4 members (excludes halogenated alkanes) is 2. The van der Waals surface area contributed by atoms with Crippen LogP contribution < -0.4 is 5.32 Å². The van der Waals surface area contributed by atoms with E-state index >= 15 is 0 Å². The van der Waals surface area contributed by atoms with Crippen molar-refractivity contribution in [1.82, 2.24) is 5.32 Å². The van der Waals surface area contributed by atoms with Gasteiger partial charge in [-0.1, -0.05) is 31.5 Å². The topological polar surface area (TPSA) is 66.2 Å². The number of hydrogen-bond donors (Lipinski definition) is 1. The van der Waals surface area contributed by atoms with Crippen molar-refractivity contribution < 1.29 is 4.79 Å². The third kappa shape index (κ3) is 3.08. The zero-order chi connectivity index (χ0) is 10.4. The Hall–Kier alpha value is -1.52. The van der Waals surface area contributed by atoms with E-state index in [-0.39, 0.29) is 0 Å². The number of azo groups is 1. The molecule has 2 amide bonds. The summed E-state index contributed by atoms with van der Waals surface area (Å²) in [7, 11) is 0. The van der Waals surface area contributed by atoms with Crippen molar-refractivity contribution in [2.75, 3.05) is 6.54 Å². The summed E-state index contributed by atoms with van der Waals surface area (Å²) in [4.78, 5) is 15.0. The second-order valence-corrected chi connectivity index (χ2v) is 3.01. The Bertz CT molecular complexity index is 293. The molecule has 0 aromatic heterocycles. The Labute approximate surface area is 83.0 Å². The van der Waals surface area contributed by atoms with Crippen LogP contribution in [0.15, 0.2) is 27.5 Å². The summed E-state index contributed by atoms with van der Waals surface area (Å²) in [5.41, 5.74) is 0.418. The van der Waals surface area contributed by atoms with Crippen LogP contribution in [0.2, 0.25) is 0 Å². The zero-order valence-electron chi connectivity index (χ0n) is 8.29. The standard InChI is InChI=1S/C9H14N4O/c1-3-4-5-6-10-8-7(2)12-13-9(14)11-8/h2-6H2,1H3,(H,10,11,14). The van der Waals surface area contributed by atoms with Crippen LogP contribution >= 0.6 is 0 Å². The van der Waals surface area contributed by atoms with E-state index < -0.39 is 6.03 Å². The highest BCUT2D eigenvalue weighted by Crippen LogP contribution is 2.03. The third-order valence-corrected chi connectivity index (χ3v) is 1.79. The Morgan fingerprint density at radius 2 is 2.21 bits per heavy atom. The fourth-order valence-corrected chi connectivity index (χ4v) is 1.04. The minimum Gasteiger partial charge on any atom is -0.288 e. The molecule has 76 valence electrons. The lowest BCUT2D eigenvalue weighted by molar-refractivity contribution is 0.251. The molecule has 0 radical (unpaired) electrons. The maximum absolute atomic E-state index is 10.8. The Morgan fingerprint density at radius 3 is 2.93 bits per heavy atom. The average Bonchev–Trinajstić information content (AvgIpc) is 2.18. The van der Waals surface area contributed by atoms with Gasteiger partial charge in [0.2, 0.25) is 0 Å². The summed E-state index contributed by atoms with van der Waals surface area (Å²) in [5, 5.41) is 9.37. The molecule has 0 bridgehead atoms. The van der Waals surface area contributed by atoms with E-state index in [2.05, 4.69) is 34.0 Å². The first-order chi connectivity index (χ1) is 6.74. The molecule has 14 heavy (non-hydrogen) atoms. The number of amidine groups is 1. The van der Waals surface area contributed by atoms with E-state index in [4.69, 9.17) is 0 Å². The van der Waals surface area contributed by atoms with Gasteiger partial charge in [0.25, 0.3) is 0 Å². The number of nitrogens with one attached hydrogen (secondary N) is 1. The van der Waals surface area contributed by atoms with Gasteiger partial charge in [-0.3, -0.25) is 10.3 Å². The molecule has 0 aromatic rings. The number of carbonyl (C=O) groups is 1. The molecule has 0 atom stereocenters. The lowest BCUT2D eigenvalue weighted by Gasteiger charge is -2.08. The Kier molecular flexibility index (Phi) is 3.97. The number of nitrogens with zero attached hydrogens (tertiary/aromatic N) is 3. The van der Waals surface area contributed by atoms with Crippen LogP contribution in [0.25, 0.3) is 0 Å². The predicted molar refractivity (Wildman–Crippen MR) is 54.4 cm³/mol. The first-order valence-corrected chi connectivity index (χ1v) is 4.70. The summed E-state index contributed by atoms with van der Waals surface area (Å²) in [6.07, 6.45) is 3.30. The molecule has 1 aliphatic rings. The highest BCUT2D eigenvalue weighted by atomic mass is 16.2. The lowest BCUT2D eigenvalue weighted by atomic mass is 10.2. The normalized spacial score (nSPS) is 18.8. The number of hydrogen-bond acceptors (Lipinski definition) is 3. The molecule has 0 aromatic carbocycles. The van der Waals surface area contributed by atoms with Crippen molar-refractivity contribution in [3.63, 3.8) is 0 Å². The number of urea groups is 1. The minimum absolute atomic E-state index is 0.418. The van der Waals surface area contributed by atoms with Gasteiger partial charge >= 0.3 is 6.03 Å². The maximum Gasteiger partial charge on any atom is 0.365 e. The number of amides is 2. The summed E-state index contributed by atoms with van der Waals surface area (Å²) >= 11 is 0. The molecule has 0 fully saturated rings. The lowest BCUT2D eigenvalue weighted by Crippen LogP contribution is -2.31. The van der Waals surface area contributed by atoms with Gasteiger partial charge in [-0.2, -0.15) is 0 Å². The molecule has 0 saturated carbocycles. The molecular formula is C9H14N4O. The largest absolute Gasteiger partial charge is 0.365 e. The van der Waals surface area contributed by atoms with E-state index in [1.807, 2.05) is 0 Å². The van der Waals surface area contributed by atoms with Gasteiger partial charge in [-0.05, 0) is 6.42 Å². The van der Waals surface area contributed by atoms with E-state index in [0.717, 1.165) is 19.3 Å². The highest BCUT2D eigenvalue weighted by Gasteiger charge is 2.13. The van der Waals surface area contributed by atoms with Crippen LogP contribution in [-0.4, -0.2) is 18.4 Å². The van der Waals surface area contributed by atoms with Gasteiger partial charge in [0.1, 0.15) is 5.70 Å². The highest BCUT2D eigenvalue weighted by molar-refractivity contribution is 6.08. The smallest absolute Gasteiger partial charge is 0.288 e. The third-order valence-electron chi connectivity index (χ3n) is 1.79. The quantitative estimate of drug-likeness (QED) is 0.685. The second-order valence-electron chi connectivity index (χ2n) is 3.01. The molecule has 1 N–H and O–H groups in total. The maximum atomic E-state index is 10.8. The van der Waals surface area contributed by atoms with Crippen LogP contribution in [0.5, 0.6) is 0 Å². The van der Waals surface area contributed by atoms with Gasteiger partial charge in [-0.15, -0.1) is 5.11 Å². The van der Waals surface area contributed by atoms with Crippen LogP contribution in [-0.2, 0) is 0 Å². The van der Waals surface area contributed by atoms with Crippen LogP contribution in [0.4, 0.5) is 4.79 Å². The molecule has 1 heterocycles. The van der Waals surface area contributed by atoms with Gasteiger partial charge in [0.15, 0.2) is 5.84 Å². The van der Waals surface area contributed by atoms with Gasteiger partial charge in [0, 0.05) is 6.54 Å². The van der Waals surface area contributed by atoms with E-state index in [9.17, 15) is 4.79 Å². The summed E-state index contributed by atoms with van der Waals surface area (Å²) < 4.78 is 0. The van der Waals surface area contributed by atoms with E-state index in [1.165, 1.54) is 0 Å². The van der Waals surface area contributed by atoms with Crippen LogP contribution in [0.3, 0.4) is 0 Å². The molecule has 1 aliphatic heterocycles. The summed E-state index contributed by atoms with van der Waals surface area (Å²) in [6, 6.07) is -0.480. The predicted octanol–water partition coefficient (Wildman–Crippen LogP) is 2.26. The minimum atomic E-state index is -0.480. The first kappa shape index (κ1) is 10.6. The summed E-state index contributed by atoms with van der Waals surface area (Å²) in [5.74, 6) is 0.445. The van der Waals surface area contributed by atoms with Gasteiger partial charge in [-0.25, -0.2) is 4.79 Å². The van der Waals surface area contributed by atoms with Gasteiger partial charge in [0.05, 0.1) is 0 Å². The van der Waals surface area contributed by atoms with Gasteiger partial charge < -0.3 is 0 Å². The molecule has 0 saturated heterocycles. The SMILES string of the molecule is C=C1N=NC(=O)NC1=NCCCCC. The first-order valence-electron chi connectivity index (χ1n) is 4.70. The van der Waals surface area contributed by atoms with Crippen LogP contribution in [0, 0.1) is 0 Å². The molecule has 5 nitrogen and oxygen atoms in total. The zero-order valence-corrected chi connectivity index (χ0v) is 8.29. The van der Waals surface area contributed by atoms with Crippen molar-refractivity contribution in [3.05, 3.63) is 12.3 Å². The number of aliphatic imine (C=N–C) groups is 1. The molecule has 0 aliphatic carbocycles. The average molecular weight is 194 g/mol. The molecule has 5 heteroatoms. The Balaban J connectivity index is 2.46. The molecule has 0 spiro atoms. The second kappa shape index (κ2) is 5.26. The fourth-order valence-electron chi connectivity index (χ4n) is 1.04. The fraction of sp³-hybridized carbons (Fsp3) is 0.556. The molecular weight excluding hydrogens is 180 g/mol. The number of rotatable bonds is 4. The van der Waals surface area contributed by atoms with Crippen molar-refractivity contribution in [2.45, 2.75) is 26.2 Å². The van der Waals surface area contributed by atoms with E-state index in [0.29, 0.717) is 18.1 Å². The number of carbonyl (C=O) groups excluding carboxylic acids is 1. The van der Waals surface area contributed by atoms with Crippen molar-refractivity contribution in [3.8, 4) is 0 Å². The Morgan fingerprint density at radius 1 is 1.43 bits per heavy atom. The monoisotopic (exact) mass is 194 g/mol. The molecule has 1 rings (SSSR count). The molecule has 0 unspecified atom stereocenters. The van der Waals surface area contributed by atoms with Crippen molar-refractivity contribution in [2.24, 2.45) is 15.2 Å². The van der Waals surface area contributed by atoms with Crippen LogP contribution in [0.1, 0.15) is 26.2 Å². The van der Waals surface area contributed by atoms with Crippen molar-refractivity contribution in [1.29, 1.82) is 0 Å².